The molecule has 3 N–H and O–H groups in total. The normalized spacial score (nSPS) is 14.9. The summed E-state index contributed by atoms with van der Waals surface area (Å²) in [5.41, 5.74) is 0. The number of aliphatic hydroxyl groups is 1. The lowest BCUT2D eigenvalue weighted by molar-refractivity contribution is -0.870. The number of carbonyl (C=O) groups excluding carboxylic acids is 1. The maximum absolute atomic E-state index is 12.9. The fourth-order valence-corrected chi connectivity index (χ4v) is 7.20. The highest BCUT2D eigenvalue weighted by Crippen LogP contribution is 2.43. The largest absolute Gasteiger partial charge is 0.472 e. The van der Waals surface area contributed by atoms with Gasteiger partial charge in [-0.15, -0.1) is 0 Å². The van der Waals surface area contributed by atoms with Crippen molar-refractivity contribution in [1.29, 1.82) is 0 Å². The highest BCUT2D eigenvalue weighted by Gasteiger charge is 2.28. The zero-order valence-corrected chi connectivity index (χ0v) is 39.6. The van der Waals surface area contributed by atoms with Gasteiger partial charge in [-0.25, -0.2) is 4.57 Å². The molecule has 0 aliphatic rings. The summed E-state index contributed by atoms with van der Waals surface area (Å²) in [6.07, 6.45) is 55.0. The van der Waals surface area contributed by atoms with E-state index in [1.54, 1.807) is 0 Å². The van der Waals surface area contributed by atoms with Crippen LogP contribution in [0.3, 0.4) is 0 Å². The highest BCUT2D eigenvalue weighted by atomic mass is 31.2. The number of phosphoric acid groups is 1. The molecular formula is C50H92N2O6P+. The van der Waals surface area contributed by atoms with Crippen LogP contribution in [0.15, 0.2) is 72.9 Å². The van der Waals surface area contributed by atoms with E-state index in [1.165, 1.54) is 70.6 Å². The minimum Gasteiger partial charge on any atom is -0.391 e. The number of nitrogens with one attached hydrogen (secondary N) is 1. The summed E-state index contributed by atoms with van der Waals surface area (Å²) in [6, 6.07) is -0.772. The second-order valence-electron chi connectivity index (χ2n) is 17.1. The fraction of sp³-hybridized carbons (Fsp3) is 0.740. The number of phosphoric ester groups is 1. The van der Waals surface area contributed by atoms with Gasteiger partial charge in [0.05, 0.1) is 39.9 Å². The second kappa shape index (κ2) is 41.3. The standard InChI is InChI=1S/C50H91N2O6P/c1-6-8-10-12-14-16-18-20-21-22-23-24-25-26-27-28-29-30-31-32-34-36-38-40-42-44-50(54)51-48(47-58-59(55,56)57-46-45-52(3,4)5)49(53)43-41-39-37-35-33-19-17-15-13-11-9-7-2/h8,10,14,16,20-21,23-24,26-27,29-30,48-49,53H,6-7,9,11-13,15,17-19,22,25,28,31-47H2,1-5H3,(H-,51,54,55,56)/p+1/b10-8-,16-14-,21-20-,24-23-,27-26-,30-29-. The van der Waals surface area contributed by atoms with Crippen LogP contribution in [-0.4, -0.2) is 73.4 Å². The first-order valence-corrected chi connectivity index (χ1v) is 25.3. The summed E-state index contributed by atoms with van der Waals surface area (Å²) in [5, 5.41) is 13.9. The third-order valence-corrected chi connectivity index (χ3v) is 11.2. The van der Waals surface area contributed by atoms with Gasteiger partial charge in [-0.1, -0.05) is 189 Å². The van der Waals surface area contributed by atoms with Gasteiger partial charge in [0.25, 0.3) is 0 Å². The van der Waals surface area contributed by atoms with Crippen LogP contribution in [0.5, 0.6) is 0 Å². The van der Waals surface area contributed by atoms with Gasteiger partial charge >= 0.3 is 7.82 Å². The van der Waals surface area contributed by atoms with Crippen molar-refractivity contribution < 1.29 is 32.9 Å². The summed E-state index contributed by atoms with van der Waals surface area (Å²) in [4.78, 5) is 23.2. The van der Waals surface area contributed by atoms with E-state index in [9.17, 15) is 19.4 Å². The first-order chi connectivity index (χ1) is 28.5. The van der Waals surface area contributed by atoms with E-state index in [2.05, 4.69) is 92.1 Å². The second-order valence-corrected chi connectivity index (χ2v) is 18.6. The van der Waals surface area contributed by atoms with E-state index >= 15 is 0 Å². The van der Waals surface area contributed by atoms with E-state index in [1.807, 2.05) is 21.1 Å². The Hall–Kier alpha value is -2.06. The maximum atomic E-state index is 12.9. The smallest absolute Gasteiger partial charge is 0.391 e. The molecule has 0 aromatic heterocycles. The fourth-order valence-electron chi connectivity index (χ4n) is 6.46. The molecule has 0 aliphatic carbocycles. The van der Waals surface area contributed by atoms with Gasteiger partial charge in [-0.2, -0.15) is 0 Å². The number of quaternary nitrogens is 1. The Morgan fingerprint density at radius 2 is 1.02 bits per heavy atom. The van der Waals surface area contributed by atoms with Crippen molar-refractivity contribution in [2.45, 2.75) is 199 Å². The number of amides is 1. The molecule has 342 valence electrons. The Morgan fingerprint density at radius 1 is 0.593 bits per heavy atom. The summed E-state index contributed by atoms with van der Waals surface area (Å²) < 4.78 is 23.6. The van der Waals surface area contributed by atoms with Crippen LogP contribution in [0, 0.1) is 0 Å². The van der Waals surface area contributed by atoms with Crippen LogP contribution in [0.4, 0.5) is 0 Å². The van der Waals surface area contributed by atoms with Gasteiger partial charge in [0.15, 0.2) is 0 Å². The first kappa shape index (κ1) is 56.9. The summed E-state index contributed by atoms with van der Waals surface area (Å²) in [5.74, 6) is -0.163. The van der Waals surface area contributed by atoms with E-state index in [4.69, 9.17) is 9.05 Å². The molecular weight excluding hydrogens is 756 g/mol. The number of hydrogen-bond donors (Lipinski definition) is 3. The molecule has 59 heavy (non-hydrogen) atoms. The van der Waals surface area contributed by atoms with E-state index < -0.39 is 20.0 Å². The zero-order valence-electron chi connectivity index (χ0n) is 38.7. The van der Waals surface area contributed by atoms with Crippen molar-refractivity contribution in [2.75, 3.05) is 40.9 Å². The Balaban J connectivity index is 4.30. The topological polar surface area (TPSA) is 105 Å². The number of likely N-dealkylation sites (N-methyl/N-ethyl adjacent to an activating group) is 1. The van der Waals surface area contributed by atoms with Crippen molar-refractivity contribution >= 4 is 13.7 Å². The van der Waals surface area contributed by atoms with Crippen LogP contribution in [-0.2, 0) is 18.4 Å². The lowest BCUT2D eigenvalue weighted by Gasteiger charge is -2.26. The average molecular weight is 848 g/mol. The molecule has 0 rings (SSSR count). The predicted molar refractivity (Wildman–Crippen MR) is 253 cm³/mol. The SMILES string of the molecule is CC/C=C\C/C=C\C/C=C\C/C=C\C/C=C\C/C=C\CCCCCCCCC(=O)NC(COP(=O)(O)OCC[N+](C)(C)C)C(O)CCCCCCCCCCCCCC. The summed E-state index contributed by atoms with van der Waals surface area (Å²) in [6.45, 7) is 4.74. The Morgan fingerprint density at radius 3 is 1.49 bits per heavy atom. The van der Waals surface area contributed by atoms with Gasteiger partial charge in [0.1, 0.15) is 13.2 Å². The summed E-state index contributed by atoms with van der Waals surface area (Å²) >= 11 is 0. The van der Waals surface area contributed by atoms with Crippen LogP contribution in [0.2, 0.25) is 0 Å². The van der Waals surface area contributed by atoms with Crippen molar-refractivity contribution in [3.05, 3.63) is 72.9 Å². The summed E-state index contributed by atoms with van der Waals surface area (Å²) in [7, 11) is 1.59. The number of hydrogen-bond acceptors (Lipinski definition) is 5. The van der Waals surface area contributed by atoms with Gasteiger partial charge in [-0.05, 0) is 64.2 Å². The molecule has 1 amide bonds. The minimum absolute atomic E-state index is 0.0677. The first-order valence-electron chi connectivity index (χ1n) is 23.8. The van der Waals surface area contributed by atoms with Crippen LogP contribution in [0.25, 0.3) is 0 Å². The van der Waals surface area contributed by atoms with Crippen molar-refractivity contribution in [3.63, 3.8) is 0 Å². The van der Waals surface area contributed by atoms with E-state index in [-0.39, 0.29) is 19.1 Å². The van der Waals surface area contributed by atoms with Crippen molar-refractivity contribution in [3.8, 4) is 0 Å². The van der Waals surface area contributed by atoms with Crippen LogP contribution < -0.4 is 5.32 Å². The molecule has 0 spiro atoms. The van der Waals surface area contributed by atoms with E-state index in [0.717, 1.165) is 89.9 Å². The molecule has 0 aromatic rings. The lowest BCUT2D eigenvalue weighted by atomic mass is 10.0. The maximum Gasteiger partial charge on any atom is 0.472 e. The third kappa shape index (κ3) is 43.8. The number of rotatable bonds is 42. The molecule has 0 heterocycles. The molecule has 0 fully saturated rings. The number of aliphatic hydroxyl groups excluding tert-OH is 1. The minimum atomic E-state index is -4.32. The molecule has 0 radical (unpaired) electrons. The molecule has 0 aromatic carbocycles. The monoisotopic (exact) mass is 848 g/mol. The Kier molecular flexibility index (Phi) is 39.9. The van der Waals surface area contributed by atoms with Gasteiger partial charge in [0.2, 0.25) is 5.91 Å². The number of unbranched alkanes of at least 4 members (excludes halogenated alkanes) is 17. The molecule has 0 saturated heterocycles. The van der Waals surface area contributed by atoms with Gasteiger partial charge in [0, 0.05) is 6.42 Å². The quantitative estimate of drug-likeness (QED) is 0.0245. The molecule has 8 nitrogen and oxygen atoms in total. The number of nitrogens with zero attached hydrogens (tertiary/aromatic N) is 1. The Bertz CT molecular complexity index is 1190. The van der Waals surface area contributed by atoms with Crippen LogP contribution in [0.1, 0.15) is 187 Å². The third-order valence-electron chi connectivity index (χ3n) is 10.2. The van der Waals surface area contributed by atoms with Gasteiger partial charge < -0.3 is 19.8 Å². The molecule has 3 unspecified atom stereocenters. The van der Waals surface area contributed by atoms with Crippen molar-refractivity contribution in [2.24, 2.45) is 0 Å². The molecule has 0 bridgehead atoms. The zero-order chi connectivity index (χ0) is 43.6. The molecule has 0 aliphatic heterocycles. The predicted octanol–water partition coefficient (Wildman–Crippen LogP) is 13.6. The van der Waals surface area contributed by atoms with E-state index in [0.29, 0.717) is 23.9 Å². The molecule has 9 heteroatoms. The Labute approximate surface area is 364 Å². The molecule has 3 atom stereocenters. The van der Waals surface area contributed by atoms with Gasteiger partial charge in [-0.3, -0.25) is 13.8 Å². The lowest BCUT2D eigenvalue weighted by Crippen LogP contribution is -2.46. The average Bonchev–Trinajstić information content (AvgIpc) is 3.19. The highest BCUT2D eigenvalue weighted by molar-refractivity contribution is 7.47. The number of allylic oxidation sites excluding steroid dienone is 12. The van der Waals surface area contributed by atoms with Crippen molar-refractivity contribution in [1.82, 2.24) is 5.32 Å². The van der Waals surface area contributed by atoms with Crippen LogP contribution >= 0.6 is 7.82 Å². The number of carbonyl (C=O) groups is 1. The molecule has 0 saturated carbocycles.